The van der Waals surface area contributed by atoms with Gasteiger partial charge in [-0.15, -0.1) is 0 Å². The van der Waals surface area contributed by atoms with Crippen LogP contribution in [0.15, 0.2) is 0 Å². The molecule has 36 heavy (non-hydrogen) atoms. The van der Waals surface area contributed by atoms with Crippen molar-refractivity contribution in [3.8, 4) is 0 Å². The minimum atomic E-state index is -0.468. The molecule has 13 atom stereocenters. The van der Waals surface area contributed by atoms with Crippen LogP contribution in [0.1, 0.15) is 92.9 Å². The summed E-state index contributed by atoms with van der Waals surface area (Å²) in [5.74, 6) is 1.59. The maximum Gasteiger partial charge on any atom is 0.234 e. The molecule has 2 spiro atoms. The van der Waals surface area contributed by atoms with Crippen LogP contribution in [0.25, 0.3) is 0 Å². The molecule has 0 radical (unpaired) electrons. The molecule has 204 valence electrons. The van der Waals surface area contributed by atoms with E-state index in [-0.39, 0.29) is 46.5 Å². The number of aliphatic hydroxyl groups is 2. The molecule has 0 bridgehead atoms. The number of carbonyl (C=O) groups excluding carboxylic acids is 1. The standard InChI is InChI=1S/C30H50N2O4/c1-16-13-18(14-32-17(2)25(31)35)36-23-22(16)27(5)11-12-30-15-29(30)10-9-21(33)26(3,4)19(29)7-8-20(30)28(27,6)24(23)34/h16-24,32-34H,7-15H2,1-6H3,(H2,31,35)/t16-,17+,18-,19+,20+,21+,22+,23+,24+,27-,28-,29-,30+/m1/s1. The van der Waals surface area contributed by atoms with Crippen molar-refractivity contribution in [2.45, 2.75) is 123 Å². The van der Waals surface area contributed by atoms with Crippen molar-refractivity contribution < 1.29 is 19.7 Å². The average Bonchev–Trinajstić information content (AvgIpc) is 3.45. The number of primary amides is 1. The fourth-order valence-electron chi connectivity index (χ4n) is 11.9. The Hall–Kier alpha value is -0.690. The monoisotopic (exact) mass is 502 g/mol. The summed E-state index contributed by atoms with van der Waals surface area (Å²) >= 11 is 0. The first-order chi connectivity index (χ1) is 16.8. The lowest BCUT2D eigenvalue weighted by molar-refractivity contribution is -0.182. The van der Waals surface area contributed by atoms with Gasteiger partial charge in [-0.2, -0.15) is 0 Å². The minimum absolute atomic E-state index is 0.0114. The van der Waals surface area contributed by atoms with Crippen LogP contribution < -0.4 is 11.1 Å². The van der Waals surface area contributed by atoms with Crippen molar-refractivity contribution in [1.82, 2.24) is 5.32 Å². The molecule has 0 aromatic carbocycles. The first-order valence-corrected chi connectivity index (χ1v) is 14.8. The highest BCUT2D eigenvalue weighted by Crippen LogP contribution is 2.89. The number of aliphatic hydroxyl groups excluding tert-OH is 2. The zero-order valence-electron chi connectivity index (χ0n) is 23.3. The Bertz CT molecular complexity index is 940. The van der Waals surface area contributed by atoms with Gasteiger partial charge < -0.3 is 26.0 Å². The first-order valence-electron chi connectivity index (χ1n) is 14.8. The van der Waals surface area contributed by atoms with Gasteiger partial charge in [0.05, 0.1) is 30.5 Å². The van der Waals surface area contributed by atoms with Crippen molar-refractivity contribution in [3.63, 3.8) is 0 Å². The Morgan fingerprint density at radius 3 is 2.42 bits per heavy atom. The Balaban J connectivity index is 1.30. The second-order valence-electron chi connectivity index (χ2n) is 15.2. The third kappa shape index (κ3) is 2.86. The van der Waals surface area contributed by atoms with E-state index in [1.54, 1.807) is 6.92 Å². The number of nitrogens with one attached hydrogen (secondary N) is 1. The van der Waals surface area contributed by atoms with Crippen molar-refractivity contribution in [2.24, 2.45) is 56.5 Å². The van der Waals surface area contributed by atoms with Crippen LogP contribution >= 0.6 is 0 Å². The summed E-state index contributed by atoms with van der Waals surface area (Å²) in [5, 5.41) is 26.3. The van der Waals surface area contributed by atoms with Crippen LogP contribution in [-0.2, 0) is 9.53 Å². The first kappa shape index (κ1) is 25.6. The van der Waals surface area contributed by atoms with Crippen molar-refractivity contribution in [1.29, 1.82) is 0 Å². The summed E-state index contributed by atoms with van der Waals surface area (Å²) in [6.45, 7) is 14.3. The second kappa shape index (κ2) is 7.70. The maximum atomic E-state index is 12.2. The topological polar surface area (TPSA) is 105 Å². The molecule has 1 heterocycles. The largest absolute Gasteiger partial charge is 0.393 e. The van der Waals surface area contributed by atoms with E-state index in [1.165, 1.54) is 32.1 Å². The Labute approximate surface area is 217 Å². The van der Waals surface area contributed by atoms with E-state index >= 15 is 0 Å². The van der Waals surface area contributed by atoms with Gasteiger partial charge in [-0.25, -0.2) is 0 Å². The fraction of sp³-hybridized carbons (Fsp3) is 0.967. The smallest absolute Gasteiger partial charge is 0.234 e. The molecule has 5 aliphatic carbocycles. The molecule has 6 rings (SSSR count). The van der Waals surface area contributed by atoms with Gasteiger partial charge in [0.1, 0.15) is 0 Å². The van der Waals surface area contributed by atoms with Crippen LogP contribution in [0.4, 0.5) is 0 Å². The molecule has 6 aliphatic rings. The van der Waals surface area contributed by atoms with Gasteiger partial charge in [-0.3, -0.25) is 4.79 Å². The van der Waals surface area contributed by atoms with Gasteiger partial charge >= 0.3 is 0 Å². The van der Waals surface area contributed by atoms with Crippen LogP contribution in [-0.4, -0.2) is 53.1 Å². The van der Waals surface area contributed by atoms with Gasteiger partial charge in [0.2, 0.25) is 5.91 Å². The molecule has 1 amide bonds. The number of fused-ring (bicyclic) bond motifs is 4. The normalized spacial score (nSPS) is 57.4. The second-order valence-corrected chi connectivity index (χ2v) is 15.2. The minimum Gasteiger partial charge on any atom is -0.393 e. The number of carbonyl (C=O) groups is 1. The molecule has 6 nitrogen and oxygen atoms in total. The van der Waals surface area contributed by atoms with Crippen LogP contribution in [0.5, 0.6) is 0 Å². The molecule has 1 aliphatic heterocycles. The van der Waals surface area contributed by atoms with Crippen molar-refractivity contribution >= 4 is 5.91 Å². The SMILES string of the molecule is C[C@H](NC[C@H]1C[C@@H](C)[C@H]2[C@H](O1)[C@H](O)[C@@]1(C)[C@@H]3CC[C@H]4C(C)(C)[C@@H](O)CC[C@@]45C[C@@]35CC[C@]21C)C(N)=O. The number of hydrogen-bond acceptors (Lipinski definition) is 5. The zero-order chi connectivity index (χ0) is 26.1. The fourth-order valence-corrected chi connectivity index (χ4v) is 11.9. The predicted molar refractivity (Wildman–Crippen MR) is 139 cm³/mol. The molecule has 6 fully saturated rings. The number of rotatable bonds is 4. The number of hydrogen-bond donors (Lipinski definition) is 4. The van der Waals surface area contributed by atoms with Gasteiger partial charge in [-0.05, 0) is 104 Å². The summed E-state index contributed by atoms with van der Waals surface area (Å²) in [4.78, 5) is 11.5. The predicted octanol–water partition coefficient (Wildman–Crippen LogP) is 3.62. The van der Waals surface area contributed by atoms with Gasteiger partial charge in [0.25, 0.3) is 0 Å². The summed E-state index contributed by atoms with van der Waals surface area (Å²) in [7, 11) is 0. The Morgan fingerprint density at radius 1 is 1.06 bits per heavy atom. The lowest BCUT2D eigenvalue weighted by atomic mass is 9.41. The highest BCUT2D eigenvalue weighted by atomic mass is 16.5. The van der Waals surface area contributed by atoms with Gasteiger partial charge in [-0.1, -0.05) is 34.6 Å². The molecule has 0 unspecified atom stereocenters. The molecule has 5 saturated carbocycles. The highest BCUT2D eigenvalue weighted by molar-refractivity contribution is 5.79. The molecule has 5 N–H and O–H groups in total. The Kier molecular flexibility index (Phi) is 5.47. The molecule has 0 aromatic rings. The summed E-state index contributed by atoms with van der Waals surface area (Å²) < 4.78 is 6.73. The lowest BCUT2D eigenvalue weighted by Gasteiger charge is -2.63. The van der Waals surface area contributed by atoms with Crippen LogP contribution in [0.3, 0.4) is 0 Å². The molecule has 1 saturated heterocycles. The quantitative estimate of drug-likeness (QED) is 0.470. The average molecular weight is 503 g/mol. The zero-order valence-corrected chi connectivity index (χ0v) is 23.3. The van der Waals surface area contributed by atoms with Crippen molar-refractivity contribution in [3.05, 3.63) is 0 Å². The number of amides is 1. The lowest BCUT2D eigenvalue weighted by Crippen LogP contribution is -2.59. The van der Waals surface area contributed by atoms with E-state index < -0.39 is 6.10 Å². The molecule has 0 aromatic heterocycles. The summed E-state index contributed by atoms with van der Waals surface area (Å²) in [5.41, 5.74) is 6.03. The molecule has 6 heteroatoms. The Morgan fingerprint density at radius 2 is 1.72 bits per heavy atom. The van der Waals surface area contributed by atoms with Crippen LogP contribution in [0.2, 0.25) is 0 Å². The molecular formula is C30H50N2O4. The van der Waals surface area contributed by atoms with E-state index in [0.717, 1.165) is 19.3 Å². The highest BCUT2D eigenvalue weighted by Gasteiger charge is 2.84. The molecular weight excluding hydrogens is 452 g/mol. The van der Waals surface area contributed by atoms with Gasteiger partial charge in [0.15, 0.2) is 0 Å². The third-order valence-corrected chi connectivity index (χ3v) is 13.9. The van der Waals surface area contributed by atoms with Gasteiger partial charge in [0, 0.05) is 12.0 Å². The van der Waals surface area contributed by atoms with Crippen LogP contribution in [0, 0.1) is 50.7 Å². The summed E-state index contributed by atoms with van der Waals surface area (Å²) in [6.07, 6.45) is 8.31. The summed E-state index contributed by atoms with van der Waals surface area (Å²) in [6, 6.07) is -0.382. The van der Waals surface area contributed by atoms with E-state index in [0.29, 0.717) is 41.0 Å². The number of ether oxygens (including phenoxy) is 1. The number of nitrogens with two attached hydrogens (primary N) is 1. The third-order valence-electron chi connectivity index (χ3n) is 13.9. The van der Waals surface area contributed by atoms with E-state index in [2.05, 4.69) is 39.9 Å². The maximum absolute atomic E-state index is 12.2. The van der Waals surface area contributed by atoms with E-state index in [9.17, 15) is 15.0 Å². The van der Waals surface area contributed by atoms with E-state index in [1.807, 2.05) is 0 Å². The van der Waals surface area contributed by atoms with E-state index in [4.69, 9.17) is 10.5 Å². The van der Waals surface area contributed by atoms with Crippen molar-refractivity contribution in [2.75, 3.05) is 6.54 Å².